The number of carbonyl (C=O) groups excluding carboxylic acids is 1. The van der Waals surface area contributed by atoms with Gasteiger partial charge in [-0.1, -0.05) is 12.1 Å². The molecule has 1 fully saturated rings. The number of fused-ring (bicyclic) bond motifs is 1. The number of carbonyl (C=O) groups is 1. The highest BCUT2D eigenvalue weighted by Crippen LogP contribution is 2.25. The van der Waals surface area contributed by atoms with Gasteiger partial charge in [-0.15, -0.1) is 0 Å². The summed E-state index contributed by atoms with van der Waals surface area (Å²) in [6.07, 6.45) is 3.75. The van der Waals surface area contributed by atoms with Crippen LogP contribution in [0.5, 0.6) is 0 Å². The molecule has 4 rings (SSSR count). The normalized spacial score (nSPS) is 17.5. The molecule has 1 aromatic carbocycles. The molecule has 0 aliphatic carbocycles. The van der Waals surface area contributed by atoms with E-state index in [4.69, 9.17) is 0 Å². The summed E-state index contributed by atoms with van der Waals surface area (Å²) in [5.41, 5.74) is 1.51. The minimum absolute atomic E-state index is 0.166. The second-order valence-corrected chi connectivity index (χ2v) is 5.52. The van der Waals surface area contributed by atoms with E-state index in [0.29, 0.717) is 35.6 Å². The summed E-state index contributed by atoms with van der Waals surface area (Å²) in [5, 5.41) is 3.11. The molecule has 0 saturated carbocycles. The number of rotatable bonds is 3. The summed E-state index contributed by atoms with van der Waals surface area (Å²) in [6, 6.07) is 9.41. The number of nitrogens with zero attached hydrogens (tertiary/aromatic N) is 4. The molecule has 2 aromatic heterocycles. The van der Waals surface area contributed by atoms with E-state index in [-0.39, 0.29) is 5.91 Å². The molecule has 1 amide bonds. The molecule has 24 heavy (non-hydrogen) atoms. The molecule has 1 saturated heterocycles. The van der Waals surface area contributed by atoms with Gasteiger partial charge in [0.1, 0.15) is 23.2 Å². The second kappa shape index (κ2) is 5.84. The van der Waals surface area contributed by atoms with Gasteiger partial charge in [-0.05, 0) is 30.7 Å². The minimum atomic E-state index is -0.439. The predicted octanol–water partition coefficient (Wildman–Crippen LogP) is 2.38. The molecular weight excluding hydrogens is 309 g/mol. The van der Waals surface area contributed by atoms with Crippen molar-refractivity contribution in [2.45, 2.75) is 12.5 Å². The third-order valence-electron chi connectivity index (χ3n) is 4.00. The van der Waals surface area contributed by atoms with Crippen molar-refractivity contribution in [2.24, 2.45) is 0 Å². The average Bonchev–Trinajstić information content (AvgIpc) is 2.96. The van der Waals surface area contributed by atoms with E-state index in [0.717, 1.165) is 0 Å². The fourth-order valence-corrected chi connectivity index (χ4v) is 2.84. The van der Waals surface area contributed by atoms with Crippen LogP contribution in [0.15, 0.2) is 48.8 Å². The van der Waals surface area contributed by atoms with Crippen molar-refractivity contribution in [3.8, 4) is 0 Å². The van der Waals surface area contributed by atoms with E-state index in [9.17, 15) is 9.18 Å². The Morgan fingerprint density at radius 3 is 2.83 bits per heavy atom. The van der Waals surface area contributed by atoms with Crippen molar-refractivity contribution in [1.29, 1.82) is 0 Å². The first-order valence-corrected chi connectivity index (χ1v) is 7.62. The van der Waals surface area contributed by atoms with Crippen LogP contribution in [0.1, 0.15) is 6.42 Å². The first-order valence-electron chi connectivity index (χ1n) is 7.62. The standard InChI is InChI=1S/C17H14FN5O/c18-11-3-1-2-4-14(11)23-10-7-13(17(23)24)21-15-6-5-12-16(22-15)20-9-8-19-12/h1-6,8-9,13H,7,10H2,(H,20,21,22)/t13-/m1/s1. The average molecular weight is 323 g/mol. The predicted molar refractivity (Wildman–Crippen MR) is 88.1 cm³/mol. The summed E-state index contributed by atoms with van der Waals surface area (Å²) >= 11 is 0. The highest BCUT2D eigenvalue weighted by atomic mass is 19.1. The van der Waals surface area contributed by atoms with E-state index >= 15 is 0 Å². The number of halogens is 1. The highest BCUT2D eigenvalue weighted by Gasteiger charge is 2.33. The van der Waals surface area contributed by atoms with E-state index in [1.807, 2.05) is 0 Å². The fourth-order valence-electron chi connectivity index (χ4n) is 2.84. The molecule has 1 aliphatic rings. The fraction of sp³-hybridized carbons (Fsp3) is 0.176. The van der Waals surface area contributed by atoms with E-state index in [1.165, 1.54) is 11.0 Å². The zero-order valence-electron chi connectivity index (χ0n) is 12.7. The summed E-state index contributed by atoms with van der Waals surface area (Å²) < 4.78 is 13.9. The summed E-state index contributed by atoms with van der Waals surface area (Å²) in [7, 11) is 0. The number of para-hydroxylation sites is 1. The molecule has 0 spiro atoms. The molecule has 1 aliphatic heterocycles. The van der Waals surface area contributed by atoms with Crippen LogP contribution in [0.25, 0.3) is 11.2 Å². The van der Waals surface area contributed by atoms with Gasteiger partial charge in [0, 0.05) is 18.9 Å². The quantitative estimate of drug-likeness (QED) is 0.801. The zero-order chi connectivity index (χ0) is 16.5. The summed E-state index contributed by atoms with van der Waals surface area (Å²) in [6.45, 7) is 0.463. The molecule has 0 radical (unpaired) electrons. The van der Waals surface area contributed by atoms with Crippen LogP contribution >= 0.6 is 0 Å². The Morgan fingerprint density at radius 2 is 1.96 bits per heavy atom. The van der Waals surface area contributed by atoms with Gasteiger partial charge in [0.15, 0.2) is 5.65 Å². The lowest BCUT2D eigenvalue weighted by Gasteiger charge is -2.18. The minimum Gasteiger partial charge on any atom is -0.358 e. The van der Waals surface area contributed by atoms with Gasteiger partial charge in [0.2, 0.25) is 5.91 Å². The van der Waals surface area contributed by atoms with Crippen LogP contribution in [0, 0.1) is 5.82 Å². The highest BCUT2D eigenvalue weighted by molar-refractivity contribution is 6.01. The molecule has 1 N–H and O–H groups in total. The maximum absolute atomic E-state index is 13.9. The Kier molecular flexibility index (Phi) is 3.53. The van der Waals surface area contributed by atoms with Gasteiger partial charge < -0.3 is 10.2 Å². The van der Waals surface area contributed by atoms with Crippen LogP contribution in [0.2, 0.25) is 0 Å². The third kappa shape index (κ3) is 2.54. The van der Waals surface area contributed by atoms with Gasteiger partial charge in [0.05, 0.1) is 5.69 Å². The number of amides is 1. The summed E-state index contributed by atoms with van der Waals surface area (Å²) in [5.74, 6) is -0.0107. The first-order chi connectivity index (χ1) is 11.7. The van der Waals surface area contributed by atoms with Crippen LogP contribution in [-0.2, 0) is 4.79 Å². The largest absolute Gasteiger partial charge is 0.358 e. The first kappa shape index (κ1) is 14.5. The number of benzene rings is 1. The van der Waals surface area contributed by atoms with E-state index in [1.54, 1.807) is 42.7 Å². The van der Waals surface area contributed by atoms with Crippen LogP contribution in [0.3, 0.4) is 0 Å². The summed E-state index contributed by atoms with van der Waals surface area (Å²) in [4.78, 5) is 26.7. The topological polar surface area (TPSA) is 71.0 Å². The molecule has 0 bridgehead atoms. The number of aromatic nitrogens is 3. The van der Waals surface area contributed by atoms with E-state index < -0.39 is 11.9 Å². The maximum Gasteiger partial charge on any atom is 0.249 e. The Labute approximate surface area is 137 Å². The van der Waals surface area contributed by atoms with Crippen LogP contribution < -0.4 is 10.2 Å². The van der Waals surface area contributed by atoms with Crippen molar-refractivity contribution in [3.63, 3.8) is 0 Å². The lowest BCUT2D eigenvalue weighted by Crippen LogP contribution is -2.34. The van der Waals surface area contributed by atoms with Gasteiger partial charge in [-0.3, -0.25) is 9.78 Å². The smallest absolute Gasteiger partial charge is 0.249 e. The molecule has 3 heterocycles. The van der Waals surface area contributed by atoms with Gasteiger partial charge in [0.25, 0.3) is 0 Å². The van der Waals surface area contributed by atoms with Crippen LogP contribution in [-0.4, -0.2) is 33.4 Å². The molecule has 7 heteroatoms. The number of hydrogen-bond donors (Lipinski definition) is 1. The molecule has 3 aromatic rings. The maximum atomic E-state index is 13.9. The van der Waals surface area contributed by atoms with Gasteiger partial charge in [-0.25, -0.2) is 14.4 Å². The third-order valence-corrected chi connectivity index (χ3v) is 4.00. The molecule has 0 unspecified atom stereocenters. The molecule has 120 valence electrons. The molecule has 1 atom stereocenters. The van der Waals surface area contributed by atoms with E-state index in [2.05, 4.69) is 20.3 Å². The number of pyridine rings is 1. The van der Waals surface area contributed by atoms with Crippen molar-refractivity contribution < 1.29 is 9.18 Å². The Hall–Kier alpha value is -3.09. The Morgan fingerprint density at radius 1 is 1.12 bits per heavy atom. The van der Waals surface area contributed by atoms with Crippen molar-refractivity contribution in [3.05, 3.63) is 54.6 Å². The number of nitrogens with one attached hydrogen (secondary N) is 1. The number of anilines is 2. The Bertz CT molecular complexity index is 916. The second-order valence-electron chi connectivity index (χ2n) is 5.52. The van der Waals surface area contributed by atoms with Crippen molar-refractivity contribution in [1.82, 2.24) is 15.0 Å². The lowest BCUT2D eigenvalue weighted by atomic mass is 10.2. The van der Waals surface area contributed by atoms with Gasteiger partial charge in [-0.2, -0.15) is 0 Å². The van der Waals surface area contributed by atoms with Crippen LogP contribution in [0.4, 0.5) is 15.9 Å². The molecule has 6 nitrogen and oxygen atoms in total. The zero-order valence-corrected chi connectivity index (χ0v) is 12.7. The van der Waals surface area contributed by atoms with Crippen molar-refractivity contribution >= 4 is 28.6 Å². The molecular formula is C17H14FN5O. The lowest BCUT2D eigenvalue weighted by molar-refractivity contribution is -0.117. The monoisotopic (exact) mass is 323 g/mol. The van der Waals surface area contributed by atoms with Gasteiger partial charge >= 0.3 is 0 Å². The SMILES string of the molecule is O=C1[C@H](Nc2ccc3nccnc3n2)CCN1c1ccccc1F. The Balaban J connectivity index is 1.55. The van der Waals surface area contributed by atoms with Crippen molar-refractivity contribution in [2.75, 3.05) is 16.8 Å². The number of hydrogen-bond acceptors (Lipinski definition) is 5.